The molecule has 2 heteroatoms. The maximum atomic E-state index is 4.58. The fraction of sp³-hybridized carbons (Fsp3) is 0.120. The summed E-state index contributed by atoms with van der Waals surface area (Å²) >= 11 is 0. The molecule has 0 saturated heterocycles. The van der Waals surface area contributed by atoms with E-state index in [1.165, 1.54) is 33.4 Å². The third-order valence-electron chi connectivity index (χ3n) is 5.61. The summed E-state index contributed by atoms with van der Waals surface area (Å²) in [5, 5.41) is 0. The maximum absolute atomic E-state index is 4.58. The zero-order valence-corrected chi connectivity index (χ0v) is 15.5. The van der Waals surface area contributed by atoms with E-state index < -0.39 is 0 Å². The van der Waals surface area contributed by atoms with Crippen LogP contribution in [-0.2, 0) is 5.41 Å². The molecule has 0 aliphatic heterocycles. The number of aromatic nitrogens is 2. The Bertz CT molecular complexity index is 1140. The zero-order chi connectivity index (χ0) is 18.4. The van der Waals surface area contributed by atoms with E-state index in [2.05, 4.69) is 96.6 Å². The first kappa shape index (κ1) is 16.0. The zero-order valence-electron chi connectivity index (χ0n) is 15.5. The summed E-state index contributed by atoms with van der Waals surface area (Å²) in [5.74, 6) is 0. The quantitative estimate of drug-likeness (QED) is 0.436. The SMILES string of the molecule is CC1(C)c2cc(-c3ccccc3-c3ccccc3)ccc2-c2cncnc21. The van der Waals surface area contributed by atoms with E-state index in [4.69, 9.17) is 0 Å². The lowest BCUT2D eigenvalue weighted by Crippen LogP contribution is -2.16. The predicted molar refractivity (Wildman–Crippen MR) is 110 cm³/mol. The molecule has 1 heterocycles. The lowest BCUT2D eigenvalue weighted by atomic mass is 9.83. The van der Waals surface area contributed by atoms with Crippen LogP contribution in [0.1, 0.15) is 25.1 Å². The molecule has 1 aliphatic carbocycles. The molecule has 130 valence electrons. The van der Waals surface area contributed by atoms with Gasteiger partial charge in [0.1, 0.15) is 6.33 Å². The molecular weight excluding hydrogens is 328 g/mol. The Labute approximate surface area is 159 Å². The molecule has 27 heavy (non-hydrogen) atoms. The Morgan fingerprint density at radius 3 is 2.15 bits per heavy atom. The molecule has 0 unspecified atom stereocenters. The Balaban J connectivity index is 1.70. The maximum Gasteiger partial charge on any atom is 0.115 e. The topological polar surface area (TPSA) is 25.8 Å². The van der Waals surface area contributed by atoms with E-state index in [1.54, 1.807) is 6.33 Å². The van der Waals surface area contributed by atoms with Crippen LogP contribution in [0.5, 0.6) is 0 Å². The number of hydrogen-bond acceptors (Lipinski definition) is 2. The van der Waals surface area contributed by atoms with E-state index in [0.717, 1.165) is 11.3 Å². The first-order valence-electron chi connectivity index (χ1n) is 9.26. The molecule has 0 saturated carbocycles. The van der Waals surface area contributed by atoms with Crippen molar-refractivity contribution in [2.24, 2.45) is 0 Å². The van der Waals surface area contributed by atoms with Gasteiger partial charge in [0.15, 0.2) is 0 Å². The van der Waals surface area contributed by atoms with Crippen molar-refractivity contribution in [3.05, 3.63) is 96.6 Å². The van der Waals surface area contributed by atoms with E-state index in [0.29, 0.717) is 0 Å². The average Bonchev–Trinajstić information content (AvgIpc) is 2.96. The highest BCUT2D eigenvalue weighted by Crippen LogP contribution is 2.48. The lowest BCUT2D eigenvalue weighted by molar-refractivity contribution is 0.635. The van der Waals surface area contributed by atoms with E-state index >= 15 is 0 Å². The number of fused-ring (bicyclic) bond motifs is 3. The van der Waals surface area contributed by atoms with Gasteiger partial charge in [0.05, 0.1) is 5.69 Å². The second-order valence-electron chi connectivity index (χ2n) is 7.58. The third kappa shape index (κ3) is 2.41. The number of benzene rings is 3. The van der Waals surface area contributed by atoms with Crippen molar-refractivity contribution in [3.8, 4) is 33.4 Å². The van der Waals surface area contributed by atoms with Crippen LogP contribution in [0.25, 0.3) is 33.4 Å². The van der Waals surface area contributed by atoms with E-state index in [1.807, 2.05) is 6.20 Å². The van der Waals surface area contributed by atoms with Gasteiger partial charge in [-0.2, -0.15) is 0 Å². The molecule has 4 aromatic rings. The molecule has 0 amide bonds. The molecular formula is C25H20N2. The van der Waals surface area contributed by atoms with Gasteiger partial charge in [-0.15, -0.1) is 0 Å². The van der Waals surface area contributed by atoms with Gasteiger partial charge in [0.2, 0.25) is 0 Å². The molecule has 0 bridgehead atoms. The summed E-state index contributed by atoms with van der Waals surface area (Å²) in [5.41, 5.74) is 9.70. The fourth-order valence-electron chi connectivity index (χ4n) is 4.22. The second kappa shape index (κ2) is 5.88. The highest BCUT2D eigenvalue weighted by Gasteiger charge is 2.37. The fourth-order valence-corrected chi connectivity index (χ4v) is 4.22. The number of nitrogens with zero attached hydrogens (tertiary/aromatic N) is 2. The van der Waals surface area contributed by atoms with Crippen molar-refractivity contribution >= 4 is 0 Å². The van der Waals surface area contributed by atoms with E-state index in [9.17, 15) is 0 Å². The van der Waals surface area contributed by atoms with Gasteiger partial charge < -0.3 is 0 Å². The Hall–Kier alpha value is -3.26. The summed E-state index contributed by atoms with van der Waals surface area (Å²) in [4.78, 5) is 8.83. The van der Waals surface area contributed by atoms with Crippen molar-refractivity contribution < 1.29 is 0 Å². The van der Waals surface area contributed by atoms with Gasteiger partial charge in [-0.1, -0.05) is 80.6 Å². The largest absolute Gasteiger partial charge is 0.244 e. The molecule has 1 aromatic heterocycles. The van der Waals surface area contributed by atoms with E-state index in [-0.39, 0.29) is 5.41 Å². The average molecular weight is 348 g/mol. The van der Waals surface area contributed by atoms with Crippen LogP contribution in [0.3, 0.4) is 0 Å². The standard InChI is InChI=1S/C25H20N2/c1-25(2)23-14-18(12-13-21(23)22-15-26-16-27-24(22)25)20-11-7-6-10-19(20)17-8-4-3-5-9-17/h3-16H,1-2H3. The number of hydrogen-bond donors (Lipinski definition) is 0. The van der Waals surface area contributed by atoms with Crippen LogP contribution in [0.2, 0.25) is 0 Å². The van der Waals surface area contributed by atoms with Crippen molar-refractivity contribution in [3.63, 3.8) is 0 Å². The van der Waals surface area contributed by atoms with Crippen LogP contribution >= 0.6 is 0 Å². The summed E-state index contributed by atoms with van der Waals surface area (Å²) in [6, 6.07) is 26.0. The second-order valence-corrected chi connectivity index (χ2v) is 7.58. The Morgan fingerprint density at radius 2 is 1.37 bits per heavy atom. The van der Waals surface area contributed by atoms with Crippen molar-refractivity contribution in [2.45, 2.75) is 19.3 Å². The van der Waals surface area contributed by atoms with Crippen LogP contribution in [0.15, 0.2) is 85.3 Å². The van der Waals surface area contributed by atoms with Gasteiger partial charge in [-0.3, -0.25) is 0 Å². The van der Waals surface area contributed by atoms with Crippen molar-refractivity contribution in [2.75, 3.05) is 0 Å². The van der Waals surface area contributed by atoms with Gasteiger partial charge in [-0.05, 0) is 39.4 Å². The van der Waals surface area contributed by atoms with Gasteiger partial charge in [0.25, 0.3) is 0 Å². The monoisotopic (exact) mass is 348 g/mol. The van der Waals surface area contributed by atoms with Crippen LogP contribution < -0.4 is 0 Å². The van der Waals surface area contributed by atoms with Crippen molar-refractivity contribution in [1.82, 2.24) is 9.97 Å². The normalized spacial score (nSPS) is 13.9. The minimum absolute atomic E-state index is 0.120. The van der Waals surface area contributed by atoms with Crippen LogP contribution in [0.4, 0.5) is 0 Å². The summed E-state index contributed by atoms with van der Waals surface area (Å²) < 4.78 is 0. The lowest BCUT2D eigenvalue weighted by Gasteiger charge is -2.21. The first-order valence-corrected chi connectivity index (χ1v) is 9.26. The molecule has 0 atom stereocenters. The summed E-state index contributed by atoms with van der Waals surface area (Å²) in [6.07, 6.45) is 3.59. The summed E-state index contributed by atoms with van der Waals surface area (Å²) in [7, 11) is 0. The van der Waals surface area contributed by atoms with Crippen LogP contribution in [-0.4, -0.2) is 9.97 Å². The molecule has 2 nitrogen and oxygen atoms in total. The van der Waals surface area contributed by atoms with Gasteiger partial charge >= 0.3 is 0 Å². The minimum Gasteiger partial charge on any atom is -0.244 e. The van der Waals surface area contributed by atoms with Gasteiger partial charge in [-0.25, -0.2) is 9.97 Å². The Kier molecular flexibility index (Phi) is 3.48. The molecule has 0 N–H and O–H groups in total. The summed E-state index contributed by atoms with van der Waals surface area (Å²) in [6.45, 7) is 4.50. The molecule has 5 rings (SSSR count). The van der Waals surface area contributed by atoms with Crippen molar-refractivity contribution in [1.29, 1.82) is 0 Å². The van der Waals surface area contributed by atoms with Gasteiger partial charge in [0, 0.05) is 17.2 Å². The molecule has 3 aromatic carbocycles. The van der Waals surface area contributed by atoms with Crippen LogP contribution in [0, 0.1) is 0 Å². The minimum atomic E-state index is -0.120. The highest BCUT2D eigenvalue weighted by molar-refractivity contribution is 5.87. The Morgan fingerprint density at radius 1 is 0.667 bits per heavy atom. The predicted octanol–water partition coefficient (Wildman–Crippen LogP) is 6.12. The smallest absolute Gasteiger partial charge is 0.115 e. The number of rotatable bonds is 2. The molecule has 0 fully saturated rings. The molecule has 1 aliphatic rings. The third-order valence-corrected chi connectivity index (χ3v) is 5.61. The highest BCUT2D eigenvalue weighted by atomic mass is 14.8. The first-order chi connectivity index (χ1) is 13.2. The molecule has 0 spiro atoms. The molecule has 0 radical (unpaired) electrons.